The maximum atomic E-state index is 10.1. The van der Waals surface area contributed by atoms with Crippen LogP contribution in [0.1, 0.15) is 23.4 Å². The highest BCUT2D eigenvalue weighted by Gasteiger charge is 2.24. The molecule has 1 rings (SSSR count). The molecule has 22 heavy (non-hydrogen) atoms. The van der Waals surface area contributed by atoms with E-state index in [2.05, 4.69) is 9.82 Å². The van der Waals surface area contributed by atoms with Crippen LogP contribution in [0.4, 0.5) is 0 Å². The predicted octanol–water partition coefficient (Wildman–Crippen LogP) is 0.835. The summed E-state index contributed by atoms with van der Waals surface area (Å²) >= 11 is 0. The number of carbonyl (C=O) groups is 2. The molecule has 1 aromatic rings. The molecule has 1 atom stereocenters. The van der Waals surface area contributed by atoms with Gasteiger partial charge in [0.25, 0.3) is 5.09 Å². The van der Waals surface area contributed by atoms with Crippen molar-refractivity contribution >= 4 is 11.9 Å². The van der Waals surface area contributed by atoms with E-state index in [1.54, 1.807) is 6.92 Å². The molecule has 0 fully saturated rings. The molecule has 0 aliphatic heterocycles. The number of pyridine rings is 1. The van der Waals surface area contributed by atoms with Crippen molar-refractivity contribution in [1.82, 2.24) is 4.98 Å². The van der Waals surface area contributed by atoms with Crippen LogP contribution in [-0.2, 0) is 14.4 Å². The number of aromatic nitrogens is 1. The standard InChI is InChI=1S/C8H11NO.C4H5NO7/c1-5-4-6(2)9-7(3)8(5)10;6-3(7)1-2(4(8)9)12-5(10)11/h4,10H,1-3H3;2H,1H2,(H,6,7)(H,8,9). The Bertz CT molecular complexity index is 533. The zero-order valence-electron chi connectivity index (χ0n) is 12.1. The number of carboxylic acid groups (broad SMARTS) is 2. The molecule has 1 heterocycles. The molecule has 3 N–H and O–H groups in total. The van der Waals surface area contributed by atoms with Crippen LogP contribution in [0.15, 0.2) is 6.07 Å². The third kappa shape index (κ3) is 7.03. The molecule has 1 unspecified atom stereocenters. The Kier molecular flexibility index (Phi) is 7.28. The molecule has 10 nitrogen and oxygen atoms in total. The van der Waals surface area contributed by atoms with E-state index in [0.717, 1.165) is 11.3 Å². The second-order valence-corrected chi connectivity index (χ2v) is 4.27. The van der Waals surface area contributed by atoms with Crippen LogP contribution >= 0.6 is 0 Å². The van der Waals surface area contributed by atoms with E-state index >= 15 is 0 Å². The van der Waals surface area contributed by atoms with Crippen molar-refractivity contribution < 1.29 is 34.8 Å². The third-order valence-corrected chi connectivity index (χ3v) is 2.33. The number of nitrogens with zero attached hydrogens (tertiary/aromatic N) is 2. The van der Waals surface area contributed by atoms with Crippen LogP contribution in [0.5, 0.6) is 5.75 Å². The van der Waals surface area contributed by atoms with Gasteiger partial charge in [-0.3, -0.25) is 14.6 Å². The predicted molar refractivity (Wildman–Crippen MR) is 71.9 cm³/mol. The number of carboxylic acids is 2. The Morgan fingerprint density at radius 3 is 2.27 bits per heavy atom. The molecule has 0 saturated carbocycles. The minimum atomic E-state index is -1.95. The minimum Gasteiger partial charge on any atom is -0.506 e. The molecule has 0 aliphatic carbocycles. The Labute approximate surface area is 125 Å². The van der Waals surface area contributed by atoms with Crippen molar-refractivity contribution in [2.75, 3.05) is 0 Å². The molecule has 0 aromatic carbocycles. The van der Waals surface area contributed by atoms with Crippen LogP contribution < -0.4 is 0 Å². The van der Waals surface area contributed by atoms with Crippen molar-refractivity contribution in [3.63, 3.8) is 0 Å². The van der Waals surface area contributed by atoms with Gasteiger partial charge in [-0.05, 0) is 32.4 Å². The Morgan fingerprint density at radius 1 is 1.36 bits per heavy atom. The second kappa shape index (κ2) is 8.39. The summed E-state index contributed by atoms with van der Waals surface area (Å²) < 4.78 is 0. The molecule has 0 radical (unpaired) electrons. The van der Waals surface area contributed by atoms with Gasteiger partial charge in [0, 0.05) is 5.69 Å². The van der Waals surface area contributed by atoms with Crippen LogP contribution in [-0.4, -0.2) is 43.4 Å². The van der Waals surface area contributed by atoms with E-state index in [1.165, 1.54) is 0 Å². The maximum Gasteiger partial charge on any atom is 0.333 e. The van der Waals surface area contributed by atoms with E-state index in [-0.39, 0.29) is 0 Å². The molecular weight excluding hydrogens is 300 g/mol. The molecule has 0 amide bonds. The van der Waals surface area contributed by atoms with Crippen LogP contribution in [0.3, 0.4) is 0 Å². The van der Waals surface area contributed by atoms with E-state index in [0.29, 0.717) is 11.4 Å². The van der Waals surface area contributed by atoms with Gasteiger partial charge >= 0.3 is 11.9 Å². The van der Waals surface area contributed by atoms with Gasteiger partial charge in [-0.15, -0.1) is 10.1 Å². The van der Waals surface area contributed by atoms with Gasteiger partial charge in [0.15, 0.2) is 0 Å². The maximum absolute atomic E-state index is 10.1. The minimum absolute atomic E-state index is 0.311. The fraction of sp³-hybridized carbons (Fsp3) is 0.417. The van der Waals surface area contributed by atoms with Crippen molar-refractivity contribution in [3.8, 4) is 5.75 Å². The van der Waals surface area contributed by atoms with Gasteiger partial charge < -0.3 is 15.3 Å². The average molecular weight is 316 g/mol. The lowest BCUT2D eigenvalue weighted by Crippen LogP contribution is -2.29. The van der Waals surface area contributed by atoms with Gasteiger partial charge in [0.2, 0.25) is 6.10 Å². The fourth-order valence-electron chi connectivity index (χ4n) is 1.45. The van der Waals surface area contributed by atoms with Gasteiger partial charge in [-0.2, -0.15) is 0 Å². The number of rotatable bonds is 5. The molecule has 0 aliphatic rings. The Hall–Kier alpha value is -2.91. The highest BCUT2D eigenvalue weighted by molar-refractivity contribution is 5.79. The summed E-state index contributed by atoms with van der Waals surface area (Å²) in [7, 11) is 0. The summed E-state index contributed by atoms with van der Waals surface area (Å²) in [6.45, 7) is 5.59. The lowest BCUT2D eigenvalue weighted by molar-refractivity contribution is -0.764. The quantitative estimate of drug-likeness (QED) is 0.528. The summed E-state index contributed by atoms with van der Waals surface area (Å²) in [5, 5.41) is 33.8. The summed E-state index contributed by atoms with van der Waals surface area (Å²) in [5.74, 6) is -2.86. The van der Waals surface area contributed by atoms with Gasteiger partial charge in [-0.25, -0.2) is 4.79 Å². The fourth-order valence-corrected chi connectivity index (χ4v) is 1.45. The monoisotopic (exact) mass is 316 g/mol. The SMILES string of the molecule is Cc1cc(C)c(O)c(C)n1.O=C(O)CC(O[N+](=O)[O-])C(=O)O. The lowest BCUT2D eigenvalue weighted by atomic mass is 10.2. The van der Waals surface area contributed by atoms with Gasteiger partial charge in [0.1, 0.15) is 5.75 Å². The molecule has 10 heteroatoms. The molecule has 0 spiro atoms. The van der Waals surface area contributed by atoms with Crippen LogP contribution in [0, 0.1) is 30.9 Å². The van der Waals surface area contributed by atoms with Crippen molar-refractivity contribution in [1.29, 1.82) is 0 Å². The van der Waals surface area contributed by atoms with E-state index in [4.69, 9.17) is 10.2 Å². The summed E-state index contributed by atoms with van der Waals surface area (Å²) in [5.41, 5.74) is 2.55. The lowest BCUT2D eigenvalue weighted by Gasteiger charge is -2.05. The summed E-state index contributed by atoms with van der Waals surface area (Å²) in [6, 6.07) is 1.86. The van der Waals surface area contributed by atoms with Gasteiger partial charge in [0.05, 0.1) is 12.1 Å². The molecule has 0 bridgehead atoms. The third-order valence-electron chi connectivity index (χ3n) is 2.33. The number of aromatic hydroxyl groups is 1. The normalized spacial score (nSPS) is 10.9. The first-order valence-corrected chi connectivity index (χ1v) is 5.94. The summed E-state index contributed by atoms with van der Waals surface area (Å²) in [6.07, 6.45) is -2.89. The van der Waals surface area contributed by atoms with E-state index < -0.39 is 29.6 Å². The zero-order chi connectivity index (χ0) is 17.4. The van der Waals surface area contributed by atoms with Crippen molar-refractivity contribution in [3.05, 3.63) is 33.1 Å². The van der Waals surface area contributed by atoms with Crippen molar-refractivity contribution in [2.45, 2.75) is 33.3 Å². The van der Waals surface area contributed by atoms with Crippen molar-refractivity contribution in [2.24, 2.45) is 0 Å². The first-order valence-electron chi connectivity index (χ1n) is 5.94. The van der Waals surface area contributed by atoms with E-state index in [9.17, 15) is 24.8 Å². The zero-order valence-corrected chi connectivity index (χ0v) is 12.1. The highest BCUT2D eigenvalue weighted by Crippen LogP contribution is 2.19. The molecule has 1 aromatic heterocycles. The number of aliphatic carboxylic acids is 2. The highest BCUT2D eigenvalue weighted by atomic mass is 17.0. The first kappa shape index (κ1) is 19.1. The van der Waals surface area contributed by atoms with E-state index in [1.807, 2.05) is 19.9 Å². The average Bonchev–Trinajstić information content (AvgIpc) is 2.34. The first-order chi connectivity index (χ1) is 10.0. The summed E-state index contributed by atoms with van der Waals surface area (Å²) in [4.78, 5) is 37.3. The Balaban J connectivity index is 0.000000406. The van der Waals surface area contributed by atoms with Crippen LogP contribution in [0.2, 0.25) is 0 Å². The number of hydrogen-bond acceptors (Lipinski definition) is 7. The number of aryl methyl sites for hydroxylation is 3. The number of hydrogen-bond donors (Lipinski definition) is 3. The van der Waals surface area contributed by atoms with Crippen LogP contribution in [0.25, 0.3) is 0 Å². The smallest absolute Gasteiger partial charge is 0.333 e. The molecule has 122 valence electrons. The topological polar surface area (TPSA) is 160 Å². The second-order valence-electron chi connectivity index (χ2n) is 4.27. The van der Waals surface area contributed by atoms with Gasteiger partial charge in [-0.1, -0.05) is 0 Å². The molecular formula is C12H16N2O8. The largest absolute Gasteiger partial charge is 0.506 e. The Morgan fingerprint density at radius 2 is 1.91 bits per heavy atom. The molecule has 0 saturated heterocycles.